The molecule has 4 nitrogen and oxygen atoms in total. The number of hydrogen-bond acceptors (Lipinski definition) is 4. The fourth-order valence-corrected chi connectivity index (χ4v) is 1.78. The highest BCUT2D eigenvalue weighted by Gasteiger charge is 2.12. The molecule has 2 aromatic rings. The third-order valence-corrected chi connectivity index (χ3v) is 2.91. The Morgan fingerprint density at radius 1 is 0.950 bits per heavy atom. The van der Waals surface area contributed by atoms with E-state index in [0.29, 0.717) is 16.3 Å². The van der Waals surface area contributed by atoms with Crippen LogP contribution in [0.2, 0.25) is 5.02 Å². The summed E-state index contributed by atoms with van der Waals surface area (Å²) in [6, 6.07) is 12.7. The molecule has 102 valence electrons. The van der Waals surface area contributed by atoms with Crippen molar-refractivity contribution in [3.8, 4) is 5.75 Å². The molecule has 0 unspecified atom stereocenters. The summed E-state index contributed by atoms with van der Waals surface area (Å²) in [4.78, 5) is 23.2. The smallest absolute Gasteiger partial charge is 0.345 e. The van der Waals surface area contributed by atoms with Gasteiger partial charge in [-0.15, -0.1) is 0 Å². The van der Waals surface area contributed by atoms with E-state index < -0.39 is 11.9 Å². The second-order valence-electron chi connectivity index (χ2n) is 3.89. The fourth-order valence-electron chi connectivity index (χ4n) is 1.57. The van der Waals surface area contributed by atoms with Crippen LogP contribution in [0.5, 0.6) is 5.75 Å². The molecule has 5 heteroatoms. The number of esters is 2. The average Bonchev–Trinajstić information content (AvgIpc) is 2.47. The predicted molar refractivity (Wildman–Crippen MR) is 74.2 cm³/mol. The third-order valence-electron chi connectivity index (χ3n) is 2.58. The Bertz CT molecular complexity index is 635. The first-order valence-electron chi connectivity index (χ1n) is 5.77. The maximum Gasteiger partial charge on any atom is 0.345 e. The van der Waals surface area contributed by atoms with Gasteiger partial charge in [0, 0.05) is 0 Å². The lowest BCUT2D eigenvalue weighted by molar-refractivity contribution is 0.0600. The summed E-state index contributed by atoms with van der Waals surface area (Å²) in [5.41, 5.74) is 0.663. The van der Waals surface area contributed by atoms with Crippen molar-refractivity contribution in [2.45, 2.75) is 0 Å². The standard InChI is InChI=1S/C15H11ClO4/c1-19-14(17)10-6-8-11(9-7-10)20-15(18)12-4-2-3-5-13(12)16/h2-9H,1H3. The van der Waals surface area contributed by atoms with Crippen LogP contribution in [0.15, 0.2) is 48.5 Å². The first-order valence-corrected chi connectivity index (χ1v) is 6.14. The van der Waals surface area contributed by atoms with Crippen molar-refractivity contribution < 1.29 is 19.1 Å². The highest BCUT2D eigenvalue weighted by molar-refractivity contribution is 6.33. The maximum absolute atomic E-state index is 11.9. The Morgan fingerprint density at radius 3 is 2.20 bits per heavy atom. The molecule has 0 aliphatic rings. The normalized spacial score (nSPS) is 9.90. The Morgan fingerprint density at radius 2 is 1.60 bits per heavy atom. The molecular formula is C15H11ClO4. The molecule has 0 radical (unpaired) electrons. The van der Waals surface area contributed by atoms with E-state index in [0.717, 1.165) is 0 Å². The second kappa shape index (κ2) is 6.21. The average molecular weight is 291 g/mol. The Hall–Kier alpha value is -2.33. The molecule has 0 fully saturated rings. The zero-order valence-corrected chi connectivity index (χ0v) is 11.4. The molecule has 0 heterocycles. The number of carbonyl (C=O) groups is 2. The topological polar surface area (TPSA) is 52.6 Å². The van der Waals surface area contributed by atoms with Crippen molar-refractivity contribution in [3.63, 3.8) is 0 Å². The summed E-state index contributed by atoms with van der Waals surface area (Å²) in [5, 5.41) is 0.323. The van der Waals surface area contributed by atoms with Gasteiger partial charge in [0.15, 0.2) is 0 Å². The molecule has 0 saturated carbocycles. The van der Waals surface area contributed by atoms with E-state index in [9.17, 15) is 9.59 Å². The van der Waals surface area contributed by atoms with E-state index in [4.69, 9.17) is 16.3 Å². The number of benzene rings is 2. The minimum atomic E-state index is -0.554. The molecular weight excluding hydrogens is 280 g/mol. The zero-order chi connectivity index (χ0) is 14.5. The van der Waals surface area contributed by atoms with Crippen molar-refractivity contribution in [2.24, 2.45) is 0 Å². The molecule has 0 amide bonds. The highest BCUT2D eigenvalue weighted by atomic mass is 35.5. The van der Waals surface area contributed by atoms with Crippen LogP contribution in [0.25, 0.3) is 0 Å². The van der Waals surface area contributed by atoms with Gasteiger partial charge in [0.05, 0.1) is 23.3 Å². The minimum absolute atomic E-state index is 0.284. The van der Waals surface area contributed by atoms with Gasteiger partial charge in [0.25, 0.3) is 0 Å². The molecule has 2 aromatic carbocycles. The number of halogens is 1. The van der Waals surface area contributed by atoms with E-state index in [1.165, 1.54) is 31.4 Å². The number of ether oxygens (including phenoxy) is 2. The molecule has 0 atom stereocenters. The van der Waals surface area contributed by atoms with Gasteiger partial charge >= 0.3 is 11.9 Å². The number of rotatable bonds is 3. The minimum Gasteiger partial charge on any atom is -0.465 e. The molecule has 0 saturated heterocycles. The molecule has 0 aliphatic carbocycles. The van der Waals surface area contributed by atoms with E-state index in [1.807, 2.05) is 0 Å². The maximum atomic E-state index is 11.9. The predicted octanol–water partition coefficient (Wildman–Crippen LogP) is 3.35. The number of carbonyl (C=O) groups excluding carboxylic acids is 2. The summed E-state index contributed by atoms with van der Waals surface area (Å²) in [7, 11) is 1.30. The van der Waals surface area contributed by atoms with Gasteiger partial charge in [-0.05, 0) is 36.4 Å². The van der Waals surface area contributed by atoms with Gasteiger partial charge in [0.2, 0.25) is 0 Å². The lowest BCUT2D eigenvalue weighted by Crippen LogP contribution is -2.09. The first kappa shape index (κ1) is 14.1. The van der Waals surface area contributed by atoms with Crippen molar-refractivity contribution in [1.29, 1.82) is 0 Å². The van der Waals surface area contributed by atoms with Crippen LogP contribution in [-0.2, 0) is 4.74 Å². The summed E-state index contributed by atoms with van der Waals surface area (Å²) < 4.78 is 9.75. The van der Waals surface area contributed by atoms with Crippen molar-refractivity contribution >= 4 is 23.5 Å². The van der Waals surface area contributed by atoms with Crippen LogP contribution < -0.4 is 4.74 Å². The van der Waals surface area contributed by atoms with Crippen LogP contribution in [0.1, 0.15) is 20.7 Å². The summed E-state index contributed by atoms with van der Waals surface area (Å²) in [6.07, 6.45) is 0. The van der Waals surface area contributed by atoms with E-state index in [2.05, 4.69) is 4.74 Å². The van der Waals surface area contributed by atoms with Crippen LogP contribution in [-0.4, -0.2) is 19.0 Å². The number of methoxy groups -OCH3 is 1. The van der Waals surface area contributed by atoms with Gasteiger partial charge in [-0.2, -0.15) is 0 Å². The van der Waals surface area contributed by atoms with Gasteiger partial charge in [0.1, 0.15) is 5.75 Å². The van der Waals surface area contributed by atoms with E-state index >= 15 is 0 Å². The Kier molecular flexibility index (Phi) is 4.38. The van der Waals surface area contributed by atoms with Gasteiger partial charge in [-0.25, -0.2) is 9.59 Å². The van der Waals surface area contributed by atoms with Crippen LogP contribution >= 0.6 is 11.6 Å². The summed E-state index contributed by atoms with van der Waals surface area (Å²) >= 11 is 5.91. The van der Waals surface area contributed by atoms with Crippen molar-refractivity contribution in [1.82, 2.24) is 0 Å². The van der Waals surface area contributed by atoms with E-state index in [1.54, 1.807) is 24.3 Å². The zero-order valence-electron chi connectivity index (χ0n) is 10.6. The quantitative estimate of drug-likeness (QED) is 0.642. The molecule has 0 spiro atoms. The fraction of sp³-hybridized carbons (Fsp3) is 0.0667. The van der Waals surface area contributed by atoms with E-state index in [-0.39, 0.29) is 5.56 Å². The largest absolute Gasteiger partial charge is 0.465 e. The molecule has 20 heavy (non-hydrogen) atoms. The third kappa shape index (κ3) is 3.16. The number of hydrogen-bond donors (Lipinski definition) is 0. The van der Waals surface area contributed by atoms with Gasteiger partial charge in [-0.1, -0.05) is 23.7 Å². The Labute approximate surface area is 120 Å². The molecule has 2 rings (SSSR count). The molecule has 0 aromatic heterocycles. The Balaban J connectivity index is 2.13. The lowest BCUT2D eigenvalue weighted by atomic mass is 10.2. The van der Waals surface area contributed by atoms with Crippen LogP contribution in [0.4, 0.5) is 0 Å². The van der Waals surface area contributed by atoms with Gasteiger partial charge < -0.3 is 9.47 Å². The van der Waals surface area contributed by atoms with Crippen LogP contribution in [0, 0.1) is 0 Å². The van der Waals surface area contributed by atoms with Crippen molar-refractivity contribution in [3.05, 3.63) is 64.7 Å². The lowest BCUT2D eigenvalue weighted by Gasteiger charge is -2.06. The second-order valence-corrected chi connectivity index (χ2v) is 4.29. The molecule has 0 N–H and O–H groups in total. The van der Waals surface area contributed by atoms with Crippen LogP contribution in [0.3, 0.4) is 0 Å². The molecule has 0 bridgehead atoms. The molecule has 0 aliphatic heterocycles. The monoisotopic (exact) mass is 290 g/mol. The summed E-state index contributed by atoms with van der Waals surface area (Å²) in [5.74, 6) is -0.682. The van der Waals surface area contributed by atoms with Gasteiger partial charge in [-0.3, -0.25) is 0 Å². The van der Waals surface area contributed by atoms with Crippen molar-refractivity contribution in [2.75, 3.05) is 7.11 Å². The summed E-state index contributed by atoms with van der Waals surface area (Å²) in [6.45, 7) is 0. The SMILES string of the molecule is COC(=O)c1ccc(OC(=O)c2ccccc2Cl)cc1. The highest BCUT2D eigenvalue weighted by Crippen LogP contribution is 2.19. The first-order chi connectivity index (χ1) is 9.61.